The van der Waals surface area contributed by atoms with Crippen LogP contribution in [0.25, 0.3) is 10.4 Å². The Morgan fingerprint density at radius 2 is 2.07 bits per heavy atom. The minimum Gasteiger partial charge on any atom is -0.497 e. The Balaban J connectivity index is 1.88. The summed E-state index contributed by atoms with van der Waals surface area (Å²) in [5, 5.41) is 25.2. The highest BCUT2D eigenvalue weighted by Gasteiger charge is 2.39. The van der Waals surface area contributed by atoms with E-state index in [9.17, 15) is 14.7 Å². The summed E-state index contributed by atoms with van der Waals surface area (Å²) in [5.74, 6) is -0.900. The van der Waals surface area contributed by atoms with Gasteiger partial charge in [-0.3, -0.25) is 9.59 Å². The summed E-state index contributed by atoms with van der Waals surface area (Å²) in [5.41, 5.74) is 9.72. The average Bonchev–Trinajstić information content (AvgIpc) is 2.71. The van der Waals surface area contributed by atoms with Crippen LogP contribution in [0.1, 0.15) is 18.4 Å². The van der Waals surface area contributed by atoms with Crippen molar-refractivity contribution >= 4 is 11.9 Å². The van der Waals surface area contributed by atoms with E-state index in [-0.39, 0.29) is 32.7 Å². The molecule has 1 aliphatic rings. The predicted molar refractivity (Wildman–Crippen MR) is 100 cm³/mol. The highest BCUT2D eigenvalue weighted by atomic mass is 16.5. The number of nitrogens with one attached hydrogen (secondary N) is 1. The van der Waals surface area contributed by atoms with Crippen molar-refractivity contribution in [3.63, 3.8) is 0 Å². The molecule has 1 saturated heterocycles. The molecule has 0 bridgehead atoms. The lowest BCUT2D eigenvalue weighted by atomic mass is 9.96. The minimum absolute atomic E-state index is 0.0199. The van der Waals surface area contributed by atoms with Gasteiger partial charge in [0.15, 0.2) is 0 Å². The third kappa shape index (κ3) is 6.91. The van der Waals surface area contributed by atoms with Gasteiger partial charge < -0.3 is 29.7 Å². The topological polar surface area (TPSA) is 163 Å². The number of aliphatic hydroxyl groups excluding tert-OH is 1. The molecule has 158 valence electrons. The van der Waals surface area contributed by atoms with Crippen molar-refractivity contribution < 1.29 is 34.0 Å². The largest absolute Gasteiger partial charge is 0.497 e. The molecule has 1 aromatic carbocycles. The second-order valence-corrected chi connectivity index (χ2v) is 6.49. The van der Waals surface area contributed by atoms with Crippen molar-refractivity contribution in [3.8, 4) is 5.75 Å². The molecule has 0 saturated carbocycles. The normalized spacial score (nSPS) is 23.7. The molecule has 11 heteroatoms. The first-order chi connectivity index (χ1) is 13.9. The third-order valence-electron chi connectivity index (χ3n) is 4.44. The fourth-order valence-corrected chi connectivity index (χ4v) is 2.87. The molecule has 11 nitrogen and oxygen atoms in total. The van der Waals surface area contributed by atoms with Gasteiger partial charge in [0.1, 0.15) is 5.75 Å². The van der Waals surface area contributed by atoms with Crippen LogP contribution in [0.2, 0.25) is 0 Å². The maximum atomic E-state index is 11.8. The molecule has 1 fully saturated rings. The number of hydrogen-bond donors (Lipinski definition) is 3. The maximum Gasteiger partial charge on any atom is 0.303 e. The number of amides is 1. The molecular formula is C18H24N4O7. The SMILES string of the molecule is COc1ccc(COCC2OCC(NC(=O)CCC(=O)O)C(O)C2N=[N+]=[N-])cc1. The van der Waals surface area contributed by atoms with Crippen LogP contribution in [-0.4, -0.2) is 66.7 Å². The zero-order valence-corrected chi connectivity index (χ0v) is 15.9. The number of carboxylic acid groups (broad SMARTS) is 1. The van der Waals surface area contributed by atoms with Crippen LogP contribution in [0.15, 0.2) is 29.4 Å². The van der Waals surface area contributed by atoms with Crippen LogP contribution in [0.4, 0.5) is 0 Å². The van der Waals surface area contributed by atoms with Gasteiger partial charge in [-0.1, -0.05) is 17.2 Å². The molecule has 29 heavy (non-hydrogen) atoms. The summed E-state index contributed by atoms with van der Waals surface area (Å²) in [7, 11) is 1.58. The Hall–Kier alpha value is -2.85. The number of nitrogens with zero attached hydrogens (tertiary/aromatic N) is 3. The van der Waals surface area contributed by atoms with E-state index in [2.05, 4.69) is 15.3 Å². The lowest BCUT2D eigenvalue weighted by molar-refractivity contribution is -0.140. The van der Waals surface area contributed by atoms with Crippen LogP contribution >= 0.6 is 0 Å². The molecule has 3 N–H and O–H groups in total. The van der Waals surface area contributed by atoms with E-state index in [0.717, 1.165) is 11.3 Å². The highest BCUT2D eigenvalue weighted by Crippen LogP contribution is 2.20. The van der Waals surface area contributed by atoms with E-state index >= 15 is 0 Å². The second kappa shape index (κ2) is 11.2. The number of carbonyl (C=O) groups is 2. The van der Waals surface area contributed by atoms with Gasteiger partial charge in [-0.25, -0.2) is 0 Å². The number of carbonyl (C=O) groups excluding carboxylic acids is 1. The Morgan fingerprint density at radius 1 is 1.34 bits per heavy atom. The van der Waals surface area contributed by atoms with Crippen molar-refractivity contribution in [2.75, 3.05) is 20.3 Å². The van der Waals surface area contributed by atoms with Gasteiger partial charge in [-0.15, -0.1) is 0 Å². The van der Waals surface area contributed by atoms with E-state index in [1.54, 1.807) is 19.2 Å². The molecule has 0 aromatic heterocycles. The van der Waals surface area contributed by atoms with Crippen LogP contribution in [-0.2, 0) is 25.7 Å². The summed E-state index contributed by atoms with van der Waals surface area (Å²) in [6, 6.07) is 5.53. The quantitative estimate of drug-likeness (QED) is 0.295. The first kappa shape index (κ1) is 22.4. The van der Waals surface area contributed by atoms with Gasteiger partial charge in [0.2, 0.25) is 5.91 Å². The lowest BCUT2D eigenvalue weighted by Gasteiger charge is -2.38. The summed E-state index contributed by atoms with van der Waals surface area (Å²) in [4.78, 5) is 25.1. The smallest absolute Gasteiger partial charge is 0.303 e. The molecule has 4 atom stereocenters. The Morgan fingerprint density at radius 3 is 2.69 bits per heavy atom. The van der Waals surface area contributed by atoms with Crippen LogP contribution in [0.3, 0.4) is 0 Å². The minimum atomic E-state index is -1.19. The number of ether oxygens (including phenoxy) is 3. The van der Waals surface area contributed by atoms with Crippen LogP contribution < -0.4 is 10.1 Å². The summed E-state index contributed by atoms with van der Waals surface area (Å²) in [6.07, 6.45) is -2.43. The first-order valence-electron chi connectivity index (χ1n) is 9.00. The summed E-state index contributed by atoms with van der Waals surface area (Å²) < 4.78 is 16.3. The van der Waals surface area contributed by atoms with Crippen LogP contribution in [0.5, 0.6) is 5.75 Å². The van der Waals surface area contributed by atoms with Gasteiger partial charge >= 0.3 is 5.97 Å². The number of aliphatic hydroxyl groups is 1. The van der Waals surface area contributed by atoms with Gasteiger partial charge in [-0.2, -0.15) is 0 Å². The molecule has 0 radical (unpaired) electrons. The van der Waals surface area contributed by atoms with E-state index in [1.807, 2.05) is 12.1 Å². The molecule has 1 aliphatic heterocycles. The van der Waals surface area contributed by atoms with Gasteiger partial charge in [0, 0.05) is 11.3 Å². The van der Waals surface area contributed by atoms with Gasteiger partial charge in [0.05, 0.1) is 57.6 Å². The highest BCUT2D eigenvalue weighted by molar-refractivity contribution is 5.80. The van der Waals surface area contributed by atoms with E-state index in [0.29, 0.717) is 0 Å². The Bertz CT molecular complexity index is 736. The Kier molecular flexibility index (Phi) is 8.68. The van der Waals surface area contributed by atoms with E-state index in [1.165, 1.54) is 0 Å². The fourth-order valence-electron chi connectivity index (χ4n) is 2.87. The van der Waals surface area contributed by atoms with Crippen molar-refractivity contribution in [1.82, 2.24) is 5.32 Å². The Labute approximate surface area is 167 Å². The summed E-state index contributed by atoms with van der Waals surface area (Å²) in [6.45, 7) is 0.346. The standard InChI is InChI=1S/C18H24N4O7/c1-27-12-4-2-11(3-5-12)8-28-10-14-17(21-22-19)18(26)13(9-29-14)20-15(23)6-7-16(24)25/h2-5,13-14,17-18,26H,6-10H2,1H3,(H,20,23)(H,24,25). The number of aliphatic carboxylic acids is 1. The fraction of sp³-hybridized carbons (Fsp3) is 0.556. The van der Waals surface area contributed by atoms with E-state index in [4.69, 9.17) is 24.8 Å². The number of methoxy groups -OCH3 is 1. The van der Waals surface area contributed by atoms with Crippen LogP contribution in [0, 0.1) is 0 Å². The van der Waals surface area contributed by atoms with Gasteiger partial charge in [-0.05, 0) is 23.2 Å². The molecule has 4 unspecified atom stereocenters. The number of rotatable bonds is 10. The molecular weight excluding hydrogens is 384 g/mol. The number of carboxylic acids is 1. The van der Waals surface area contributed by atoms with E-state index < -0.39 is 36.2 Å². The van der Waals surface area contributed by atoms with Crippen molar-refractivity contribution in [1.29, 1.82) is 0 Å². The summed E-state index contributed by atoms with van der Waals surface area (Å²) >= 11 is 0. The van der Waals surface area contributed by atoms with Crippen molar-refractivity contribution in [2.45, 2.75) is 43.7 Å². The zero-order chi connectivity index (χ0) is 21.2. The lowest BCUT2D eigenvalue weighted by Crippen LogP contribution is -2.59. The monoisotopic (exact) mass is 408 g/mol. The molecule has 1 amide bonds. The molecule has 2 rings (SSSR count). The average molecular weight is 408 g/mol. The van der Waals surface area contributed by atoms with Crippen molar-refractivity contribution in [2.24, 2.45) is 5.11 Å². The first-order valence-corrected chi connectivity index (χ1v) is 9.00. The number of hydrogen-bond acceptors (Lipinski definition) is 7. The molecule has 1 aromatic rings. The molecule has 1 heterocycles. The third-order valence-corrected chi connectivity index (χ3v) is 4.44. The van der Waals surface area contributed by atoms with Crippen molar-refractivity contribution in [3.05, 3.63) is 40.3 Å². The number of azide groups is 1. The maximum absolute atomic E-state index is 11.8. The van der Waals surface area contributed by atoms with Gasteiger partial charge in [0.25, 0.3) is 0 Å². The molecule has 0 spiro atoms. The second-order valence-electron chi connectivity index (χ2n) is 6.49. The molecule has 0 aliphatic carbocycles. The predicted octanol–water partition coefficient (Wildman–Crippen LogP) is 1.000. The number of benzene rings is 1. The zero-order valence-electron chi connectivity index (χ0n) is 15.9.